The monoisotopic (exact) mass is 296 g/mol. The summed E-state index contributed by atoms with van der Waals surface area (Å²) in [5.74, 6) is 0.571. The molecule has 1 atom stereocenters. The molecule has 0 spiro atoms. The molecule has 0 saturated carbocycles. The number of rotatable bonds is 2. The van der Waals surface area contributed by atoms with Gasteiger partial charge in [0.2, 0.25) is 0 Å². The number of hydrogen-bond acceptors (Lipinski definition) is 4. The number of nitrogens with one attached hydrogen (secondary N) is 2. The predicted octanol–water partition coefficient (Wildman–Crippen LogP) is 1.70. The third-order valence-corrected chi connectivity index (χ3v) is 4.21. The van der Waals surface area contributed by atoms with E-state index in [1.807, 2.05) is 0 Å². The van der Waals surface area contributed by atoms with E-state index in [1.165, 1.54) is 0 Å². The molecule has 6 heteroatoms. The molecule has 2 aliphatic heterocycles. The summed E-state index contributed by atoms with van der Waals surface area (Å²) in [6.45, 7) is 1.82. The Morgan fingerprint density at radius 1 is 1.35 bits per heavy atom. The third-order valence-electron chi connectivity index (χ3n) is 3.88. The van der Waals surface area contributed by atoms with E-state index in [2.05, 4.69) is 10.6 Å². The van der Waals surface area contributed by atoms with Crippen molar-refractivity contribution in [1.82, 2.24) is 5.32 Å². The number of hydrogen-bond donors (Lipinski definition) is 3. The van der Waals surface area contributed by atoms with Gasteiger partial charge in [0, 0.05) is 10.6 Å². The van der Waals surface area contributed by atoms with Crippen molar-refractivity contribution in [3.63, 3.8) is 0 Å². The first kappa shape index (κ1) is 13.7. The van der Waals surface area contributed by atoms with E-state index in [0.29, 0.717) is 22.0 Å². The van der Waals surface area contributed by atoms with Crippen molar-refractivity contribution >= 4 is 23.2 Å². The number of ether oxygens (including phenoxy) is 1. The smallest absolute Gasteiger partial charge is 0.262 e. The first-order valence-electron chi connectivity index (χ1n) is 6.80. The molecule has 3 rings (SSSR count). The van der Waals surface area contributed by atoms with E-state index >= 15 is 0 Å². The quantitative estimate of drug-likeness (QED) is 0.777. The Balaban J connectivity index is 1.87. The number of benzene rings is 1. The predicted molar refractivity (Wildman–Crippen MR) is 76.1 cm³/mol. The molecule has 2 aliphatic rings. The maximum Gasteiger partial charge on any atom is 0.262 e. The molecule has 1 saturated heterocycles. The van der Waals surface area contributed by atoms with Crippen LogP contribution in [-0.4, -0.2) is 30.7 Å². The standard InChI is InChI=1S/C14H17ClN2O3/c15-10-6-11-12(20-7-13(18)17-11)5-9(10)14(19)8-1-3-16-4-2-8/h5-6,8,14,16,19H,1-4,7H2,(H,17,18). The molecule has 1 amide bonds. The van der Waals surface area contributed by atoms with Crippen molar-refractivity contribution in [1.29, 1.82) is 0 Å². The van der Waals surface area contributed by atoms with Crippen LogP contribution in [0.4, 0.5) is 5.69 Å². The van der Waals surface area contributed by atoms with Crippen molar-refractivity contribution in [2.45, 2.75) is 18.9 Å². The number of carbonyl (C=O) groups is 1. The fourth-order valence-corrected chi connectivity index (χ4v) is 3.03. The Bertz CT molecular complexity index is 529. The van der Waals surface area contributed by atoms with E-state index in [-0.39, 0.29) is 18.4 Å². The Morgan fingerprint density at radius 2 is 2.10 bits per heavy atom. The summed E-state index contributed by atoms with van der Waals surface area (Å²) in [4.78, 5) is 11.3. The fraction of sp³-hybridized carbons (Fsp3) is 0.500. The van der Waals surface area contributed by atoms with Gasteiger partial charge in [-0.25, -0.2) is 0 Å². The number of piperidine rings is 1. The first-order chi connectivity index (χ1) is 9.65. The summed E-state index contributed by atoms with van der Waals surface area (Å²) in [6.07, 6.45) is 1.24. The van der Waals surface area contributed by atoms with Crippen LogP contribution in [0.3, 0.4) is 0 Å². The second-order valence-corrected chi connectivity index (χ2v) is 5.65. The molecular formula is C14H17ClN2O3. The molecule has 1 fully saturated rings. The number of anilines is 1. The van der Waals surface area contributed by atoms with Crippen molar-refractivity contribution in [2.24, 2.45) is 5.92 Å². The highest BCUT2D eigenvalue weighted by Gasteiger charge is 2.27. The molecule has 0 aliphatic carbocycles. The number of aliphatic hydroxyl groups excluding tert-OH is 1. The zero-order valence-electron chi connectivity index (χ0n) is 11.0. The number of aliphatic hydroxyl groups is 1. The maximum atomic E-state index is 11.3. The highest BCUT2D eigenvalue weighted by molar-refractivity contribution is 6.32. The fourth-order valence-electron chi connectivity index (χ4n) is 2.76. The SMILES string of the molecule is O=C1COc2cc(C(O)C3CCNCC3)c(Cl)cc2N1. The molecule has 20 heavy (non-hydrogen) atoms. The van der Waals surface area contributed by atoms with E-state index in [0.717, 1.165) is 25.9 Å². The Hall–Kier alpha value is -1.30. The van der Waals surface area contributed by atoms with E-state index in [4.69, 9.17) is 16.3 Å². The van der Waals surface area contributed by atoms with Gasteiger partial charge in [-0.2, -0.15) is 0 Å². The maximum absolute atomic E-state index is 11.3. The average molecular weight is 297 g/mol. The molecule has 0 bridgehead atoms. The molecule has 2 heterocycles. The number of amides is 1. The molecular weight excluding hydrogens is 280 g/mol. The van der Waals surface area contributed by atoms with Gasteiger partial charge in [0.15, 0.2) is 6.61 Å². The average Bonchev–Trinajstić information content (AvgIpc) is 2.46. The summed E-state index contributed by atoms with van der Waals surface area (Å²) in [7, 11) is 0. The van der Waals surface area contributed by atoms with Crippen LogP contribution in [-0.2, 0) is 4.79 Å². The van der Waals surface area contributed by atoms with Crippen molar-refractivity contribution in [3.8, 4) is 5.75 Å². The van der Waals surface area contributed by atoms with Crippen LogP contribution in [0.2, 0.25) is 5.02 Å². The van der Waals surface area contributed by atoms with Crippen LogP contribution in [0, 0.1) is 5.92 Å². The first-order valence-corrected chi connectivity index (χ1v) is 7.18. The minimum Gasteiger partial charge on any atom is -0.482 e. The highest BCUT2D eigenvalue weighted by Crippen LogP contribution is 2.39. The second-order valence-electron chi connectivity index (χ2n) is 5.24. The van der Waals surface area contributed by atoms with Gasteiger partial charge in [0.25, 0.3) is 5.91 Å². The lowest BCUT2D eigenvalue weighted by molar-refractivity contribution is -0.118. The lowest BCUT2D eigenvalue weighted by atomic mass is 9.88. The highest BCUT2D eigenvalue weighted by atomic mass is 35.5. The largest absolute Gasteiger partial charge is 0.482 e. The minimum absolute atomic E-state index is 0.00246. The van der Waals surface area contributed by atoms with Crippen LogP contribution in [0.1, 0.15) is 24.5 Å². The third kappa shape index (κ3) is 2.61. The number of carbonyl (C=O) groups excluding carboxylic acids is 1. The molecule has 0 radical (unpaired) electrons. The Labute approximate surface area is 122 Å². The Morgan fingerprint density at radius 3 is 2.85 bits per heavy atom. The van der Waals surface area contributed by atoms with Crippen molar-refractivity contribution < 1.29 is 14.6 Å². The van der Waals surface area contributed by atoms with Crippen LogP contribution < -0.4 is 15.4 Å². The van der Waals surface area contributed by atoms with Gasteiger partial charge in [0.05, 0.1) is 11.8 Å². The van der Waals surface area contributed by atoms with Crippen LogP contribution in [0.25, 0.3) is 0 Å². The molecule has 1 aromatic carbocycles. The summed E-state index contributed by atoms with van der Waals surface area (Å²) >= 11 is 6.24. The summed E-state index contributed by atoms with van der Waals surface area (Å²) in [5, 5.41) is 17.0. The summed E-state index contributed by atoms with van der Waals surface area (Å²) < 4.78 is 5.37. The normalized spacial score (nSPS) is 20.8. The molecule has 1 aromatic rings. The number of fused-ring (bicyclic) bond motifs is 1. The number of halogens is 1. The zero-order chi connectivity index (χ0) is 14.1. The minimum atomic E-state index is -0.601. The van der Waals surface area contributed by atoms with E-state index in [9.17, 15) is 9.90 Å². The second kappa shape index (κ2) is 5.60. The van der Waals surface area contributed by atoms with Gasteiger partial charge in [-0.3, -0.25) is 4.79 Å². The zero-order valence-corrected chi connectivity index (χ0v) is 11.7. The Kier molecular flexibility index (Phi) is 3.83. The van der Waals surface area contributed by atoms with Crippen LogP contribution >= 0.6 is 11.6 Å². The summed E-state index contributed by atoms with van der Waals surface area (Å²) in [6, 6.07) is 3.39. The van der Waals surface area contributed by atoms with Crippen molar-refractivity contribution in [3.05, 3.63) is 22.7 Å². The summed E-state index contributed by atoms with van der Waals surface area (Å²) in [5.41, 5.74) is 1.24. The van der Waals surface area contributed by atoms with Gasteiger partial charge in [-0.15, -0.1) is 0 Å². The molecule has 3 N–H and O–H groups in total. The lowest BCUT2D eigenvalue weighted by Crippen LogP contribution is -2.31. The van der Waals surface area contributed by atoms with Gasteiger partial charge >= 0.3 is 0 Å². The van der Waals surface area contributed by atoms with Crippen molar-refractivity contribution in [2.75, 3.05) is 25.0 Å². The molecule has 0 aromatic heterocycles. The lowest BCUT2D eigenvalue weighted by Gasteiger charge is -2.29. The van der Waals surface area contributed by atoms with Gasteiger partial charge in [0.1, 0.15) is 5.75 Å². The van der Waals surface area contributed by atoms with Gasteiger partial charge < -0.3 is 20.5 Å². The van der Waals surface area contributed by atoms with Gasteiger partial charge in [-0.05, 0) is 44.0 Å². The van der Waals surface area contributed by atoms with E-state index < -0.39 is 6.10 Å². The molecule has 1 unspecified atom stereocenters. The molecule has 108 valence electrons. The van der Waals surface area contributed by atoms with Crippen LogP contribution in [0.5, 0.6) is 5.75 Å². The van der Waals surface area contributed by atoms with Gasteiger partial charge in [-0.1, -0.05) is 11.6 Å². The van der Waals surface area contributed by atoms with Crippen LogP contribution in [0.15, 0.2) is 12.1 Å². The van der Waals surface area contributed by atoms with E-state index in [1.54, 1.807) is 12.1 Å². The molecule has 5 nitrogen and oxygen atoms in total. The topological polar surface area (TPSA) is 70.6 Å².